The van der Waals surface area contributed by atoms with Gasteiger partial charge in [-0.2, -0.15) is 0 Å². The largest absolute Gasteiger partial charge is 0.384 e. The van der Waals surface area contributed by atoms with Gasteiger partial charge >= 0.3 is 0 Å². The zero-order valence-electron chi connectivity index (χ0n) is 10.6. The second-order valence-electron chi connectivity index (χ2n) is 4.57. The molecule has 0 saturated heterocycles. The van der Waals surface area contributed by atoms with E-state index in [1.165, 1.54) is 0 Å². The van der Waals surface area contributed by atoms with E-state index in [-0.39, 0.29) is 5.78 Å². The van der Waals surface area contributed by atoms with Crippen LogP contribution in [0.4, 0.5) is 5.82 Å². The van der Waals surface area contributed by atoms with Gasteiger partial charge in [-0.05, 0) is 43.7 Å². The number of hydrogen-bond donors (Lipinski definition) is 1. The molecule has 1 aromatic carbocycles. The topological polar surface area (TPSA) is 56.0 Å². The maximum Gasteiger partial charge on any atom is 0.167 e. The van der Waals surface area contributed by atoms with Gasteiger partial charge in [0.2, 0.25) is 0 Å². The quantitative estimate of drug-likeness (QED) is 0.839. The minimum absolute atomic E-state index is 0.104. The highest BCUT2D eigenvalue weighted by Crippen LogP contribution is 2.13. The van der Waals surface area contributed by atoms with Crippen LogP contribution in [0.1, 0.15) is 27.0 Å². The van der Waals surface area contributed by atoms with Crippen molar-refractivity contribution in [2.75, 3.05) is 5.73 Å². The van der Waals surface area contributed by atoms with Gasteiger partial charge in [0, 0.05) is 18.2 Å². The molecule has 0 bridgehead atoms. The first-order chi connectivity index (χ1) is 8.54. The molecule has 0 amide bonds. The van der Waals surface area contributed by atoms with Gasteiger partial charge in [-0.3, -0.25) is 4.79 Å². The summed E-state index contributed by atoms with van der Waals surface area (Å²) in [6.07, 6.45) is 1.98. The molecule has 0 aliphatic carbocycles. The van der Waals surface area contributed by atoms with Gasteiger partial charge in [0.05, 0.1) is 0 Å². The molecule has 3 heteroatoms. The monoisotopic (exact) mass is 240 g/mol. The van der Waals surface area contributed by atoms with E-state index in [1.807, 2.05) is 32.0 Å². The maximum absolute atomic E-state index is 12.2. The molecule has 0 saturated carbocycles. The Bertz CT molecular complexity index is 571. The van der Waals surface area contributed by atoms with Crippen molar-refractivity contribution < 1.29 is 4.79 Å². The first-order valence-corrected chi connectivity index (χ1v) is 5.86. The highest BCUT2D eigenvalue weighted by molar-refractivity contribution is 5.97. The number of aromatic nitrogens is 1. The smallest absolute Gasteiger partial charge is 0.167 e. The van der Waals surface area contributed by atoms with E-state index in [9.17, 15) is 4.79 Å². The van der Waals surface area contributed by atoms with E-state index in [4.69, 9.17) is 5.73 Å². The number of rotatable bonds is 3. The number of hydrogen-bond acceptors (Lipinski definition) is 3. The molecule has 0 atom stereocenters. The highest BCUT2D eigenvalue weighted by atomic mass is 16.1. The van der Waals surface area contributed by atoms with Crippen molar-refractivity contribution in [3.63, 3.8) is 0 Å². The average Bonchev–Trinajstić information content (AvgIpc) is 2.27. The number of ketones is 1. The summed E-state index contributed by atoms with van der Waals surface area (Å²) >= 11 is 0. The van der Waals surface area contributed by atoms with E-state index in [0.717, 1.165) is 22.3 Å². The van der Waals surface area contributed by atoms with Crippen LogP contribution in [0, 0.1) is 13.8 Å². The predicted octanol–water partition coefficient (Wildman–Crippen LogP) is 2.71. The number of nitrogens with two attached hydrogens (primary N) is 1. The van der Waals surface area contributed by atoms with E-state index >= 15 is 0 Å². The van der Waals surface area contributed by atoms with Crippen LogP contribution >= 0.6 is 0 Å². The Labute approximate surface area is 107 Å². The van der Waals surface area contributed by atoms with Gasteiger partial charge in [-0.1, -0.05) is 17.2 Å². The molecule has 2 aromatic rings. The molecule has 0 radical (unpaired) electrons. The molecule has 0 fully saturated rings. The third-order valence-corrected chi connectivity index (χ3v) is 2.75. The fourth-order valence-corrected chi connectivity index (χ4v) is 2.03. The van der Waals surface area contributed by atoms with E-state index in [1.54, 1.807) is 12.3 Å². The van der Waals surface area contributed by atoms with Crippen LogP contribution in [-0.4, -0.2) is 10.8 Å². The SMILES string of the molecule is Cc1cc(C)cc(C(=O)Cc2ccnc(N)c2)c1. The summed E-state index contributed by atoms with van der Waals surface area (Å²) in [5, 5.41) is 0. The maximum atomic E-state index is 12.2. The Morgan fingerprint density at radius 3 is 2.44 bits per heavy atom. The van der Waals surface area contributed by atoms with Gasteiger partial charge in [-0.25, -0.2) is 4.98 Å². The summed E-state index contributed by atoms with van der Waals surface area (Å²) in [6.45, 7) is 3.99. The highest BCUT2D eigenvalue weighted by Gasteiger charge is 2.08. The van der Waals surface area contributed by atoms with E-state index < -0.39 is 0 Å². The molecular weight excluding hydrogens is 224 g/mol. The Balaban J connectivity index is 2.22. The van der Waals surface area contributed by atoms with Gasteiger partial charge in [0.1, 0.15) is 5.82 Å². The van der Waals surface area contributed by atoms with Crippen molar-refractivity contribution in [2.24, 2.45) is 0 Å². The lowest BCUT2D eigenvalue weighted by Crippen LogP contribution is -2.05. The summed E-state index contributed by atoms with van der Waals surface area (Å²) in [4.78, 5) is 16.1. The summed E-state index contributed by atoms with van der Waals surface area (Å²) in [5.41, 5.74) is 9.46. The zero-order valence-corrected chi connectivity index (χ0v) is 10.6. The van der Waals surface area contributed by atoms with E-state index in [2.05, 4.69) is 11.1 Å². The Morgan fingerprint density at radius 1 is 1.17 bits per heavy atom. The number of carbonyl (C=O) groups excluding carboxylic acids is 1. The van der Waals surface area contributed by atoms with Gasteiger partial charge in [-0.15, -0.1) is 0 Å². The van der Waals surface area contributed by atoms with Crippen molar-refractivity contribution in [1.82, 2.24) is 4.98 Å². The molecule has 1 aromatic heterocycles. The third-order valence-electron chi connectivity index (χ3n) is 2.75. The van der Waals surface area contributed by atoms with Crippen molar-refractivity contribution >= 4 is 11.6 Å². The minimum Gasteiger partial charge on any atom is -0.384 e. The van der Waals surface area contributed by atoms with Crippen LogP contribution < -0.4 is 5.73 Å². The molecule has 3 nitrogen and oxygen atoms in total. The molecule has 18 heavy (non-hydrogen) atoms. The van der Waals surface area contributed by atoms with Gasteiger partial charge < -0.3 is 5.73 Å². The van der Waals surface area contributed by atoms with Gasteiger partial charge in [0.25, 0.3) is 0 Å². The molecule has 1 heterocycles. The summed E-state index contributed by atoms with van der Waals surface area (Å²) in [6, 6.07) is 9.44. The normalized spacial score (nSPS) is 10.3. The molecule has 2 rings (SSSR count). The van der Waals surface area contributed by atoms with Crippen LogP contribution in [0.15, 0.2) is 36.5 Å². The van der Waals surface area contributed by atoms with Crippen LogP contribution in [0.3, 0.4) is 0 Å². The third kappa shape index (κ3) is 2.94. The molecule has 92 valence electrons. The molecule has 0 unspecified atom stereocenters. The number of anilines is 1. The molecule has 0 aliphatic rings. The molecule has 0 spiro atoms. The van der Waals surface area contributed by atoms with Crippen molar-refractivity contribution in [3.05, 3.63) is 58.8 Å². The van der Waals surface area contributed by atoms with E-state index in [0.29, 0.717) is 12.2 Å². The number of pyridine rings is 1. The lowest BCUT2D eigenvalue weighted by molar-refractivity contribution is 0.0993. The zero-order chi connectivity index (χ0) is 13.1. The first kappa shape index (κ1) is 12.3. The summed E-state index contributed by atoms with van der Waals surface area (Å²) in [7, 11) is 0. The fourth-order valence-electron chi connectivity index (χ4n) is 2.03. The fraction of sp³-hybridized carbons (Fsp3) is 0.200. The number of aryl methyl sites for hydroxylation is 2. The van der Waals surface area contributed by atoms with Crippen molar-refractivity contribution in [3.8, 4) is 0 Å². The summed E-state index contributed by atoms with van der Waals surface area (Å²) in [5.74, 6) is 0.549. The van der Waals surface area contributed by atoms with Crippen LogP contribution in [0.5, 0.6) is 0 Å². The lowest BCUT2D eigenvalue weighted by Gasteiger charge is -2.05. The number of benzene rings is 1. The van der Waals surface area contributed by atoms with Gasteiger partial charge in [0.15, 0.2) is 5.78 Å². The second-order valence-corrected chi connectivity index (χ2v) is 4.57. The molecular formula is C15H16N2O. The Kier molecular flexibility index (Phi) is 3.42. The number of carbonyl (C=O) groups is 1. The van der Waals surface area contributed by atoms with Crippen LogP contribution in [0.25, 0.3) is 0 Å². The summed E-state index contributed by atoms with van der Waals surface area (Å²) < 4.78 is 0. The average molecular weight is 240 g/mol. The van der Waals surface area contributed by atoms with Crippen LogP contribution in [-0.2, 0) is 6.42 Å². The predicted molar refractivity (Wildman–Crippen MR) is 72.6 cm³/mol. The lowest BCUT2D eigenvalue weighted by atomic mass is 10.00. The minimum atomic E-state index is 0.104. The van der Waals surface area contributed by atoms with Crippen molar-refractivity contribution in [2.45, 2.75) is 20.3 Å². The molecule has 0 aliphatic heterocycles. The number of Topliss-reactive ketones (excluding diaryl/α,β-unsaturated/α-hetero) is 1. The number of nitrogens with zero attached hydrogens (tertiary/aromatic N) is 1. The standard InChI is InChI=1S/C15H16N2O/c1-10-5-11(2)7-13(6-10)14(18)8-12-3-4-17-15(16)9-12/h3-7,9H,8H2,1-2H3,(H2,16,17). The molecule has 2 N–H and O–H groups in total. The van der Waals surface area contributed by atoms with Crippen LogP contribution in [0.2, 0.25) is 0 Å². The van der Waals surface area contributed by atoms with Crippen molar-refractivity contribution in [1.29, 1.82) is 0 Å². The Morgan fingerprint density at radius 2 is 1.83 bits per heavy atom. The number of nitrogen functional groups attached to an aromatic ring is 1. The second kappa shape index (κ2) is 5.00. The Hall–Kier alpha value is -2.16. The first-order valence-electron chi connectivity index (χ1n) is 5.86.